The van der Waals surface area contributed by atoms with E-state index < -0.39 is 0 Å². The Morgan fingerprint density at radius 1 is 1.25 bits per heavy atom. The second-order valence-corrected chi connectivity index (χ2v) is 5.79. The van der Waals surface area contributed by atoms with Crippen molar-refractivity contribution >= 4 is 15.9 Å². The number of aryl methyl sites for hydroxylation is 1. The monoisotopic (exact) mass is 281 g/mol. The highest BCUT2D eigenvalue weighted by Crippen LogP contribution is 2.34. The molecule has 1 fully saturated rings. The Balaban J connectivity index is 2.12. The molecule has 0 saturated heterocycles. The smallest absolute Gasteiger partial charge is 0.0323 e. The van der Waals surface area contributed by atoms with Crippen LogP contribution >= 0.6 is 15.9 Å². The lowest BCUT2D eigenvalue weighted by molar-refractivity contribution is 0.308. The van der Waals surface area contributed by atoms with Crippen LogP contribution in [-0.2, 0) is 0 Å². The van der Waals surface area contributed by atoms with Crippen molar-refractivity contribution in [1.82, 2.24) is 0 Å². The van der Waals surface area contributed by atoms with Gasteiger partial charge in [0.1, 0.15) is 0 Å². The standard InChI is InChI=1S/C14H20BrN/c1-10-7-8-12(9-13(10)15)14(16)11-5-3-2-4-6-11/h7-9,11,14H,2-6,16H2,1H3/t14-/m1/s1. The Kier molecular flexibility index (Phi) is 4.04. The molecule has 1 aliphatic rings. The van der Waals surface area contributed by atoms with E-state index in [9.17, 15) is 0 Å². The Morgan fingerprint density at radius 3 is 2.56 bits per heavy atom. The highest BCUT2D eigenvalue weighted by Gasteiger charge is 2.21. The molecular weight excluding hydrogens is 262 g/mol. The van der Waals surface area contributed by atoms with Crippen molar-refractivity contribution in [3.05, 3.63) is 33.8 Å². The zero-order chi connectivity index (χ0) is 11.5. The maximum Gasteiger partial charge on any atom is 0.0323 e. The van der Waals surface area contributed by atoms with Gasteiger partial charge in [-0.05, 0) is 42.9 Å². The topological polar surface area (TPSA) is 26.0 Å². The van der Waals surface area contributed by atoms with Crippen LogP contribution in [0, 0.1) is 12.8 Å². The van der Waals surface area contributed by atoms with Crippen molar-refractivity contribution in [3.63, 3.8) is 0 Å². The van der Waals surface area contributed by atoms with Crippen LogP contribution in [0.1, 0.15) is 49.3 Å². The van der Waals surface area contributed by atoms with Crippen LogP contribution in [0.5, 0.6) is 0 Å². The third-order valence-electron chi connectivity index (χ3n) is 3.74. The molecule has 0 spiro atoms. The molecule has 0 heterocycles. The molecule has 1 aromatic carbocycles. The molecule has 2 rings (SSSR count). The molecule has 2 N–H and O–H groups in total. The summed E-state index contributed by atoms with van der Waals surface area (Å²) in [5.41, 5.74) is 8.93. The van der Waals surface area contributed by atoms with Crippen molar-refractivity contribution in [2.75, 3.05) is 0 Å². The molecule has 0 radical (unpaired) electrons. The zero-order valence-corrected chi connectivity index (χ0v) is 11.5. The number of hydrogen-bond acceptors (Lipinski definition) is 1. The lowest BCUT2D eigenvalue weighted by Crippen LogP contribution is -2.23. The number of hydrogen-bond donors (Lipinski definition) is 1. The van der Waals surface area contributed by atoms with Crippen LogP contribution in [0.2, 0.25) is 0 Å². The third kappa shape index (κ3) is 2.67. The molecule has 0 bridgehead atoms. The predicted molar refractivity (Wildman–Crippen MR) is 72.4 cm³/mol. The van der Waals surface area contributed by atoms with Crippen molar-refractivity contribution in [2.45, 2.75) is 45.1 Å². The van der Waals surface area contributed by atoms with E-state index in [-0.39, 0.29) is 6.04 Å². The SMILES string of the molecule is Cc1ccc([C@H](N)C2CCCCC2)cc1Br. The Labute approximate surface area is 107 Å². The van der Waals surface area contributed by atoms with Gasteiger partial charge in [0.25, 0.3) is 0 Å². The number of rotatable bonds is 2. The normalized spacial score (nSPS) is 19.7. The fourth-order valence-electron chi connectivity index (χ4n) is 2.58. The summed E-state index contributed by atoms with van der Waals surface area (Å²) in [7, 11) is 0. The van der Waals surface area contributed by atoms with E-state index in [1.165, 1.54) is 47.7 Å². The average molecular weight is 282 g/mol. The predicted octanol–water partition coefficient (Wildman–Crippen LogP) is 4.34. The molecular formula is C14H20BrN. The van der Waals surface area contributed by atoms with E-state index in [2.05, 4.69) is 41.1 Å². The molecule has 1 atom stereocenters. The quantitative estimate of drug-likeness (QED) is 0.858. The van der Waals surface area contributed by atoms with E-state index in [1.54, 1.807) is 0 Å². The van der Waals surface area contributed by atoms with Gasteiger partial charge in [0, 0.05) is 10.5 Å². The minimum atomic E-state index is 0.220. The van der Waals surface area contributed by atoms with E-state index in [0.717, 1.165) is 0 Å². The van der Waals surface area contributed by atoms with Crippen molar-refractivity contribution in [1.29, 1.82) is 0 Å². The van der Waals surface area contributed by atoms with Crippen molar-refractivity contribution < 1.29 is 0 Å². The van der Waals surface area contributed by atoms with Gasteiger partial charge in [-0.3, -0.25) is 0 Å². The maximum absolute atomic E-state index is 6.37. The van der Waals surface area contributed by atoms with Gasteiger partial charge >= 0.3 is 0 Å². The van der Waals surface area contributed by atoms with E-state index >= 15 is 0 Å². The highest BCUT2D eigenvalue weighted by molar-refractivity contribution is 9.10. The van der Waals surface area contributed by atoms with Gasteiger partial charge in [-0.1, -0.05) is 47.3 Å². The van der Waals surface area contributed by atoms with Gasteiger partial charge in [-0.2, -0.15) is 0 Å². The van der Waals surface area contributed by atoms with Gasteiger partial charge in [0.2, 0.25) is 0 Å². The minimum Gasteiger partial charge on any atom is -0.324 e. The van der Waals surface area contributed by atoms with Crippen LogP contribution in [0.25, 0.3) is 0 Å². The molecule has 0 aromatic heterocycles. The molecule has 2 heteroatoms. The van der Waals surface area contributed by atoms with Gasteiger partial charge in [0.15, 0.2) is 0 Å². The second-order valence-electron chi connectivity index (χ2n) is 4.93. The summed E-state index contributed by atoms with van der Waals surface area (Å²) in [6, 6.07) is 6.74. The summed E-state index contributed by atoms with van der Waals surface area (Å²) in [6.45, 7) is 2.11. The van der Waals surface area contributed by atoms with Gasteiger partial charge in [0.05, 0.1) is 0 Å². The van der Waals surface area contributed by atoms with Crippen LogP contribution in [-0.4, -0.2) is 0 Å². The molecule has 0 amide bonds. The number of halogens is 1. The molecule has 1 saturated carbocycles. The lowest BCUT2D eigenvalue weighted by atomic mass is 9.81. The summed E-state index contributed by atoms with van der Waals surface area (Å²) >= 11 is 3.58. The summed E-state index contributed by atoms with van der Waals surface area (Å²) in [5.74, 6) is 0.684. The number of benzene rings is 1. The Bertz CT molecular complexity index is 356. The van der Waals surface area contributed by atoms with Crippen LogP contribution in [0.4, 0.5) is 0 Å². The highest BCUT2D eigenvalue weighted by atomic mass is 79.9. The first-order valence-electron chi connectivity index (χ1n) is 6.20. The fourth-order valence-corrected chi connectivity index (χ4v) is 2.98. The molecule has 1 aromatic rings. The van der Waals surface area contributed by atoms with Gasteiger partial charge in [-0.15, -0.1) is 0 Å². The van der Waals surface area contributed by atoms with Gasteiger partial charge < -0.3 is 5.73 Å². The van der Waals surface area contributed by atoms with Crippen molar-refractivity contribution in [3.8, 4) is 0 Å². The zero-order valence-electron chi connectivity index (χ0n) is 9.88. The fraction of sp³-hybridized carbons (Fsp3) is 0.571. The van der Waals surface area contributed by atoms with Gasteiger partial charge in [-0.25, -0.2) is 0 Å². The second kappa shape index (κ2) is 5.33. The molecule has 1 aliphatic carbocycles. The Hall–Kier alpha value is -0.340. The van der Waals surface area contributed by atoms with Crippen molar-refractivity contribution in [2.24, 2.45) is 11.7 Å². The molecule has 0 unspecified atom stereocenters. The first kappa shape index (κ1) is 12.1. The summed E-state index contributed by atoms with van der Waals surface area (Å²) in [6.07, 6.45) is 6.69. The van der Waals surface area contributed by atoms with E-state index in [4.69, 9.17) is 5.73 Å². The van der Waals surface area contributed by atoms with E-state index in [1.807, 2.05) is 0 Å². The van der Waals surface area contributed by atoms with E-state index in [0.29, 0.717) is 5.92 Å². The average Bonchev–Trinajstić information content (AvgIpc) is 2.33. The minimum absolute atomic E-state index is 0.220. The summed E-state index contributed by atoms with van der Waals surface area (Å²) in [5, 5.41) is 0. The first-order valence-corrected chi connectivity index (χ1v) is 6.99. The third-order valence-corrected chi connectivity index (χ3v) is 4.59. The largest absolute Gasteiger partial charge is 0.324 e. The first-order chi connectivity index (χ1) is 7.68. The van der Waals surface area contributed by atoms with Crippen LogP contribution < -0.4 is 5.73 Å². The molecule has 16 heavy (non-hydrogen) atoms. The molecule has 0 aliphatic heterocycles. The maximum atomic E-state index is 6.37. The number of nitrogens with two attached hydrogens (primary N) is 1. The summed E-state index contributed by atoms with van der Waals surface area (Å²) in [4.78, 5) is 0. The lowest BCUT2D eigenvalue weighted by Gasteiger charge is -2.28. The summed E-state index contributed by atoms with van der Waals surface area (Å²) < 4.78 is 1.18. The van der Waals surface area contributed by atoms with Crippen LogP contribution in [0.15, 0.2) is 22.7 Å². The van der Waals surface area contributed by atoms with Crippen LogP contribution in [0.3, 0.4) is 0 Å². The molecule has 1 nitrogen and oxygen atoms in total. The Morgan fingerprint density at radius 2 is 1.94 bits per heavy atom. The molecule has 88 valence electrons.